The molecule has 16 heavy (non-hydrogen) atoms. The van der Waals surface area contributed by atoms with Crippen molar-refractivity contribution in [2.45, 2.75) is 26.6 Å². The Labute approximate surface area is 97.3 Å². The third-order valence-electron chi connectivity index (χ3n) is 2.51. The van der Waals surface area contributed by atoms with E-state index in [1.54, 1.807) is 21.3 Å². The summed E-state index contributed by atoms with van der Waals surface area (Å²) in [6, 6.07) is 4.25. The summed E-state index contributed by atoms with van der Waals surface area (Å²) in [5, 5.41) is 0. The lowest BCUT2D eigenvalue weighted by Crippen LogP contribution is -2.02. The number of benzene rings is 1. The summed E-state index contributed by atoms with van der Waals surface area (Å²) in [5.74, 6) is 0.876. The van der Waals surface area contributed by atoms with Crippen LogP contribution in [0.4, 0.5) is 0 Å². The highest BCUT2D eigenvalue weighted by Gasteiger charge is 2.10. The Balaban J connectivity index is 3.16. The van der Waals surface area contributed by atoms with E-state index in [4.69, 9.17) is 14.2 Å². The van der Waals surface area contributed by atoms with Gasteiger partial charge in [0, 0.05) is 25.3 Å². The van der Waals surface area contributed by atoms with E-state index in [2.05, 4.69) is 19.1 Å². The fraction of sp³-hybridized carbons (Fsp3) is 0.538. The van der Waals surface area contributed by atoms with E-state index in [0.29, 0.717) is 13.2 Å². The first-order valence-corrected chi connectivity index (χ1v) is 5.43. The number of hydrogen-bond acceptors (Lipinski definition) is 3. The van der Waals surface area contributed by atoms with Crippen molar-refractivity contribution >= 4 is 0 Å². The van der Waals surface area contributed by atoms with Crippen molar-refractivity contribution in [2.24, 2.45) is 0 Å². The molecule has 3 nitrogen and oxygen atoms in total. The van der Waals surface area contributed by atoms with Gasteiger partial charge < -0.3 is 14.2 Å². The maximum absolute atomic E-state index is 5.42. The van der Waals surface area contributed by atoms with Gasteiger partial charge in [-0.2, -0.15) is 0 Å². The minimum atomic E-state index is 0.563. The molecule has 0 aliphatic heterocycles. The molecule has 0 fully saturated rings. The third-order valence-corrected chi connectivity index (χ3v) is 2.51. The molecular formula is C13H20O3. The van der Waals surface area contributed by atoms with Crippen LogP contribution in [0.2, 0.25) is 0 Å². The van der Waals surface area contributed by atoms with E-state index >= 15 is 0 Å². The van der Waals surface area contributed by atoms with E-state index in [1.165, 1.54) is 5.56 Å². The van der Waals surface area contributed by atoms with Crippen LogP contribution in [0, 0.1) is 0 Å². The molecule has 0 unspecified atom stereocenters. The van der Waals surface area contributed by atoms with Gasteiger partial charge in [0.1, 0.15) is 5.75 Å². The quantitative estimate of drug-likeness (QED) is 0.743. The number of rotatable bonds is 6. The molecule has 0 saturated carbocycles. The van der Waals surface area contributed by atoms with Crippen molar-refractivity contribution < 1.29 is 14.2 Å². The summed E-state index contributed by atoms with van der Waals surface area (Å²) in [7, 11) is 5.06. The molecule has 0 aromatic heterocycles. The lowest BCUT2D eigenvalue weighted by molar-refractivity contribution is 0.173. The molecule has 1 rings (SSSR count). The highest BCUT2D eigenvalue weighted by atomic mass is 16.5. The predicted octanol–water partition coefficient (Wildman–Crippen LogP) is 2.55. The van der Waals surface area contributed by atoms with Crippen LogP contribution >= 0.6 is 0 Å². The molecule has 0 saturated heterocycles. The highest BCUT2D eigenvalue weighted by Crippen LogP contribution is 2.27. The number of methoxy groups -OCH3 is 3. The van der Waals surface area contributed by atoms with E-state index in [9.17, 15) is 0 Å². The number of aryl methyl sites for hydroxylation is 1. The minimum Gasteiger partial charge on any atom is -0.496 e. The summed E-state index contributed by atoms with van der Waals surface area (Å²) in [4.78, 5) is 0. The van der Waals surface area contributed by atoms with Crippen LogP contribution in [0.25, 0.3) is 0 Å². The maximum atomic E-state index is 5.42. The lowest BCUT2D eigenvalue weighted by atomic mass is 10.0. The van der Waals surface area contributed by atoms with Gasteiger partial charge in [-0.25, -0.2) is 0 Å². The Morgan fingerprint density at radius 2 is 1.44 bits per heavy atom. The molecule has 3 heteroatoms. The monoisotopic (exact) mass is 224 g/mol. The molecule has 1 aromatic rings. The normalized spacial score (nSPS) is 10.5. The summed E-state index contributed by atoms with van der Waals surface area (Å²) in [5.41, 5.74) is 3.44. The minimum absolute atomic E-state index is 0.563. The molecule has 0 radical (unpaired) electrons. The van der Waals surface area contributed by atoms with Crippen molar-refractivity contribution in [3.63, 3.8) is 0 Å². The molecule has 0 bridgehead atoms. The van der Waals surface area contributed by atoms with Gasteiger partial charge in [0.25, 0.3) is 0 Å². The van der Waals surface area contributed by atoms with Crippen LogP contribution in [0.3, 0.4) is 0 Å². The first kappa shape index (κ1) is 13.0. The summed E-state index contributed by atoms with van der Waals surface area (Å²) in [6.45, 7) is 3.26. The van der Waals surface area contributed by atoms with E-state index in [-0.39, 0.29) is 0 Å². The van der Waals surface area contributed by atoms with E-state index < -0.39 is 0 Å². The molecule has 0 spiro atoms. The van der Waals surface area contributed by atoms with Crippen LogP contribution in [-0.2, 0) is 29.1 Å². The van der Waals surface area contributed by atoms with Gasteiger partial charge in [0.2, 0.25) is 0 Å². The lowest BCUT2D eigenvalue weighted by Gasteiger charge is -2.14. The Kier molecular flexibility index (Phi) is 5.29. The van der Waals surface area contributed by atoms with Crippen molar-refractivity contribution in [2.75, 3.05) is 21.3 Å². The average molecular weight is 224 g/mol. The van der Waals surface area contributed by atoms with Crippen molar-refractivity contribution in [3.05, 3.63) is 28.8 Å². The topological polar surface area (TPSA) is 27.7 Å². The molecule has 0 aliphatic rings. The molecular weight excluding hydrogens is 204 g/mol. The first-order valence-electron chi connectivity index (χ1n) is 5.43. The van der Waals surface area contributed by atoms with Gasteiger partial charge in [-0.05, 0) is 24.1 Å². The van der Waals surface area contributed by atoms with Gasteiger partial charge >= 0.3 is 0 Å². The highest BCUT2D eigenvalue weighted by molar-refractivity contribution is 5.44. The van der Waals surface area contributed by atoms with Crippen molar-refractivity contribution in [1.82, 2.24) is 0 Å². The Morgan fingerprint density at radius 1 is 0.938 bits per heavy atom. The maximum Gasteiger partial charge on any atom is 0.129 e. The van der Waals surface area contributed by atoms with Crippen LogP contribution in [-0.4, -0.2) is 21.3 Å². The second-order valence-electron chi connectivity index (χ2n) is 3.67. The van der Waals surface area contributed by atoms with Crippen molar-refractivity contribution in [3.8, 4) is 5.75 Å². The zero-order chi connectivity index (χ0) is 12.0. The predicted molar refractivity (Wildman–Crippen MR) is 63.8 cm³/mol. The van der Waals surface area contributed by atoms with E-state index in [0.717, 1.165) is 23.3 Å². The SMILES string of the molecule is CCc1cc(COC)c(OC)c(COC)c1. The van der Waals surface area contributed by atoms with Crippen LogP contribution in [0.5, 0.6) is 5.75 Å². The van der Waals surface area contributed by atoms with Gasteiger partial charge in [0.05, 0.1) is 20.3 Å². The Morgan fingerprint density at radius 3 is 1.75 bits per heavy atom. The number of hydrogen-bond donors (Lipinski definition) is 0. The molecule has 0 amide bonds. The summed E-state index contributed by atoms with van der Waals surface area (Å²) in [6.07, 6.45) is 0.997. The van der Waals surface area contributed by atoms with Gasteiger partial charge in [-0.1, -0.05) is 6.92 Å². The van der Waals surface area contributed by atoms with Crippen molar-refractivity contribution in [1.29, 1.82) is 0 Å². The molecule has 0 N–H and O–H groups in total. The second-order valence-corrected chi connectivity index (χ2v) is 3.67. The van der Waals surface area contributed by atoms with E-state index in [1.807, 2.05) is 0 Å². The molecule has 0 aliphatic carbocycles. The average Bonchev–Trinajstić information content (AvgIpc) is 2.29. The number of ether oxygens (including phenoxy) is 3. The summed E-state index contributed by atoms with van der Waals surface area (Å²) >= 11 is 0. The van der Waals surface area contributed by atoms with Gasteiger partial charge in [0.15, 0.2) is 0 Å². The Bertz CT molecular complexity index is 307. The van der Waals surface area contributed by atoms with Gasteiger partial charge in [-0.3, -0.25) is 0 Å². The van der Waals surface area contributed by atoms with Gasteiger partial charge in [-0.15, -0.1) is 0 Å². The fourth-order valence-corrected chi connectivity index (χ4v) is 1.82. The molecule has 90 valence electrons. The summed E-state index contributed by atoms with van der Waals surface area (Å²) < 4.78 is 15.8. The second kappa shape index (κ2) is 6.51. The van der Waals surface area contributed by atoms with Crippen LogP contribution < -0.4 is 4.74 Å². The zero-order valence-corrected chi connectivity index (χ0v) is 10.5. The standard InChI is InChI=1S/C13H20O3/c1-5-10-6-11(8-14-2)13(16-4)12(7-10)9-15-3/h6-7H,5,8-9H2,1-4H3. The fourth-order valence-electron chi connectivity index (χ4n) is 1.82. The first-order chi connectivity index (χ1) is 7.76. The Hall–Kier alpha value is -1.06. The smallest absolute Gasteiger partial charge is 0.129 e. The zero-order valence-electron chi connectivity index (χ0n) is 10.5. The molecule has 1 aromatic carbocycles. The largest absolute Gasteiger partial charge is 0.496 e. The molecule has 0 atom stereocenters. The van der Waals surface area contributed by atoms with Crippen LogP contribution in [0.15, 0.2) is 12.1 Å². The molecule has 0 heterocycles. The third kappa shape index (κ3) is 2.97. The van der Waals surface area contributed by atoms with Crippen LogP contribution in [0.1, 0.15) is 23.6 Å².